The summed E-state index contributed by atoms with van der Waals surface area (Å²) in [6, 6.07) is 5.78. The SMILES string of the molecule is CCc1c(N)[nH]c2cccc(Cl)c12. The van der Waals surface area contributed by atoms with Crippen molar-refractivity contribution in [2.24, 2.45) is 0 Å². The van der Waals surface area contributed by atoms with Crippen LogP contribution in [0.4, 0.5) is 5.82 Å². The van der Waals surface area contributed by atoms with Crippen molar-refractivity contribution in [3.05, 3.63) is 28.8 Å². The van der Waals surface area contributed by atoms with Gasteiger partial charge in [0.1, 0.15) is 5.82 Å². The Bertz CT molecular complexity index is 445. The monoisotopic (exact) mass is 194 g/mol. The van der Waals surface area contributed by atoms with E-state index in [1.165, 1.54) is 0 Å². The molecular weight excluding hydrogens is 184 g/mol. The lowest BCUT2D eigenvalue weighted by Gasteiger charge is -1.96. The van der Waals surface area contributed by atoms with E-state index in [-0.39, 0.29) is 0 Å². The number of hydrogen-bond donors (Lipinski definition) is 2. The predicted molar refractivity (Wildman–Crippen MR) is 57.1 cm³/mol. The number of nitrogen functional groups attached to an aromatic ring is 1. The standard InChI is InChI=1S/C10H11ClN2/c1-2-6-9-7(11)4-3-5-8(9)13-10(6)12/h3-5,13H,2,12H2,1H3. The third-order valence-electron chi connectivity index (χ3n) is 2.26. The molecule has 0 fully saturated rings. The molecule has 3 N–H and O–H groups in total. The quantitative estimate of drug-likeness (QED) is 0.720. The fraction of sp³-hybridized carbons (Fsp3) is 0.200. The molecule has 0 bridgehead atoms. The van der Waals surface area contributed by atoms with E-state index < -0.39 is 0 Å². The normalized spacial score (nSPS) is 10.9. The second kappa shape index (κ2) is 2.96. The van der Waals surface area contributed by atoms with Gasteiger partial charge in [-0.15, -0.1) is 0 Å². The van der Waals surface area contributed by atoms with Gasteiger partial charge in [-0.3, -0.25) is 0 Å². The van der Waals surface area contributed by atoms with Crippen LogP contribution in [0.2, 0.25) is 5.02 Å². The van der Waals surface area contributed by atoms with Crippen LogP contribution in [0, 0.1) is 0 Å². The van der Waals surface area contributed by atoms with Crippen molar-refractivity contribution < 1.29 is 0 Å². The Labute approximate surface area is 81.7 Å². The summed E-state index contributed by atoms with van der Waals surface area (Å²) in [5.74, 6) is 0.727. The Hall–Kier alpha value is -1.15. The van der Waals surface area contributed by atoms with Crippen molar-refractivity contribution >= 4 is 28.3 Å². The van der Waals surface area contributed by atoms with E-state index in [2.05, 4.69) is 11.9 Å². The molecule has 68 valence electrons. The van der Waals surface area contributed by atoms with Crippen molar-refractivity contribution in [1.29, 1.82) is 0 Å². The van der Waals surface area contributed by atoms with Crippen molar-refractivity contribution in [3.63, 3.8) is 0 Å². The highest BCUT2D eigenvalue weighted by atomic mass is 35.5. The molecule has 0 atom stereocenters. The molecule has 2 aromatic rings. The van der Waals surface area contributed by atoms with E-state index in [0.29, 0.717) is 0 Å². The maximum absolute atomic E-state index is 6.08. The summed E-state index contributed by atoms with van der Waals surface area (Å²) >= 11 is 6.08. The smallest absolute Gasteiger partial charge is 0.104 e. The first-order chi connectivity index (χ1) is 6.24. The second-order valence-electron chi connectivity index (χ2n) is 3.03. The Morgan fingerprint density at radius 2 is 2.23 bits per heavy atom. The molecule has 0 spiro atoms. The molecule has 0 aliphatic carbocycles. The van der Waals surface area contributed by atoms with Crippen LogP contribution in [0.25, 0.3) is 10.9 Å². The molecule has 0 aliphatic rings. The largest absolute Gasteiger partial charge is 0.385 e. The molecule has 3 heteroatoms. The van der Waals surface area contributed by atoms with Crippen LogP contribution in [0.3, 0.4) is 0 Å². The van der Waals surface area contributed by atoms with Gasteiger partial charge >= 0.3 is 0 Å². The summed E-state index contributed by atoms with van der Waals surface area (Å²) in [6.45, 7) is 2.07. The predicted octanol–water partition coefficient (Wildman–Crippen LogP) is 2.97. The molecule has 1 heterocycles. The average Bonchev–Trinajstić information content (AvgIpc) is 2.42. The Kier molecular flexibility index (Phi) is 1.93. The van der Waals surface area contributed by atoms with Gasteiger partial charge in [-0.05, 0) is 18.6 Å². The van der Waals surface area contributed by atoms with Crippen LogP contribution < -0.4 is 5.73 Å². The summed E-state index contributed by atoms with van der Waals surface area (Å²) in [5.41, 5.74) is 7.95. The van der Waals surface area contributed by atoms with E-state index in [4.69, 9.17) is 17.3 Å². The number of aryl methyl sites for hydroxylation is 1. The van der Waals surface area contributed by atoms with Crippen LogP contribution in [-0.4, -0.2) is 4.98 Å². The van der Waals surface area contributed by atoms with Crippen LogP contribution in [0.5, 0.6) is 0 Å². The van der Waals surface area contributed by atoms with Crippen LogP contribution in [0.15, 0.2) is 18.2 Å². The number of fused-ring (bicyclic) bond motifs is 1. The number of aromatic nitrogens is 1. The van der Waals surface area contributed by atoms with Gasteiger partial charge in [0, 0.05) is 16.5 Å². The molecule has 1 aromatic heterocycles. The van der Waals surface area contributed by atoms with Crippen molar-refractivity contribution in [1.82, 2.24) is 4.98 Å². The fourth-order valence-corrected chi connectivity index (χ4v) is 1.95. The van der Waals surface area contributed by atoms with Gasteiger partial charge in [-0.1, -0.05) is 24.6 Å². The second-order valence-corrected chi connectivity index (χ2v) is 3.44. The molecular formula is C10H11ClN2. The first-order valence-electron chi connectivity index (χ1n) is 4.28. The van der Waals surface area contributed by atoms with Gasteiger partial charge in [-0.2, -0.15) is 0 Å². The van der Waals surface area contributed by atoms with Crippen molar-refractivity contribution in [2.75, 3.05) is 5.73 Å². The lowest BCUT2D eigenvalue weighted by molar-refractivity contribution is 1.16. The number of H-pyrrole nitrogens is 1. The summed E-state index contributed by atoms with van der Waals surface area (Å²) in [6.07, 6.45) is 0.898. The number of halogens is 1. The Morgan fingerprint density at radius 3 is 2.92 bits per heavy atom. The zero-order valence-corrected chi connectivity index (χ0v) is 8.15. The number of anilines is 1. The number of aromatic amines is 1. The summed E-state index contributed by atoms with van der Waals surface area (Å²) in [4.78, 5) is 3.11. The highest BCUT2D eigenvalue weighted by Crippen LogP contribution is 2.30. The number of benzene rings is 1. The summed E-state index contributed by atoms with van der Waals surface area (Å²) < 4.78 is 0. The van der Waals surface area contributed by atoms with Crippen molar-refractivity contribution in [2.45, 2.75) is 13.3 Å². The zero-order chi connectivity index (χ0) is 9.42. The minimum atomic E-state index is 0.727. The minimum Gasteiger partial charge on any atom is -0.385 e. The van der Waals surface area contributed by atoms with Gasteiger partial charge in [-0.25, -0.2) is 0 Å². The Balaban J connectivity index is 2.88. The lowest BCUT2D eigenvalue weighted by Crippen LogP contribution is -1.89. The van der Waals surface area contributed by atoms with Crippen LogP contribution in [-0.2, 0) is 6.42 Å². The maximum Gasteiger partial charge on any atom is 0.104 e. The third-order valence-corrected chi connectivity index (χ3v) is 2.58. The van der Waals surface area contributed by atoms with Gasteiger partial charge in [0.25, 0.3) is 0 Å². The number of nitrogens with one attached hydrogen (secondary N) is 1. The summed E-state index contributed by atoms with van der Waals surface area (Å²) in [5, 5.41) is 1.83. The summed E-state index contributed by atoms with van der Waals surface area (Å²) in [7, 11) is 0. The van der Waals surface area contributed by atoms with Crippen molar-refractivity contribution in [3.8, 4) is 0 Å². The highest BCUT2D eigenvalue weighted by molar-refractivity contribution is 6.35. The molecule has 2 nitrogen and oxygen atoms in total. The topological polar surface area (TPSA) is 41.8 Å². The first-order valence-corrected chi connectivity index (χ1v) is 4.66. The molecule has 0 saturated heterocycles. The van der Waals surface area contributed by atoms with Gasteiger partial charge in [0.2, 0.25) is 0 Å². The molecule has 0 aliphatic heterocycles. The molecule has 2 rings (SSSR count). The fourth-order valence-electron chi connectivity index (χ4n) is 1.66. The highest BCUT2D eigenvalue weighted by Gasteiger charge is 2.09. The first kappa shape index (κ1) is 8.45. The molecule has 0 amide bonds. The average molecular weight is 195 g/mol. The van der Waals surface area contributed by atoms with E-state index in [0.717, 1.165) is 33.7 Å². The molecule has 0 radical (unpaired) electrons. The number of hydrogen-bond acceptors (Lipinski definition) is 1. The van der Waals surface area contributed by atoms with Gasteiger partial charge in [0.15, 0.2) is 0 Å². The number of rotatable bonds is 1. The minimum absolute atomic E-state index is 0.727. The van der Waals surface area contributed by atoms with Crippen LogP contribution >= 0.6 is 11.6 Å². The zero-order valence-electron chi connectivity index (χ0n) is 7.39. The lowest BCUT2D eigenvalue weighted by atomic mass is 10.1. The molecule has 13 heavy (non-hydrogen) atoms. The maximum atomic E-state index is 6.08. The molecule has 0 unspecified atom stereocenters. The van der Waals surface area contributed by atoms with Crippen LogP contribution in [0.1, 0.15) is 12.5 Å². The van der Waals surface area contributed by atoms with Gasteiger partial charge < -0.3 is 10.7 Å². The van der Waals surface area contributed by atoms with E-state index in [9.17, 15) is 0 Å². The Morgan fingerprint density at radius 1 is 1.46 bits per heavy atom. The molecule has 0 saturated carbocycles. The van der Waals surface area contributed by atoms with Gasteiger partial charge in [0.05, 0.1) is 5.02 Å². The third kappa shape index (κ3) is 1.18. The molecule has 1 aromatic carbocycles. The van der Waals surface area contributed by atoms with E-state index in [1.807, 2.05) is 18.2 Å². The number of nitrogens with two attached hydrogens (primary N) is 1. The van der Waals surface area contributed by atoms with E-state index in [1.54, 1.807) is 0 Å². The van der Waals surface area contributed by atoms with E-state index >= 15 is 0 Å².